The third-order valence-electron chi connectivity index (χ3n) is 3.14. The minimum absolute atomic E-state index is 0.249. The third-order valence-corrected chi connectivity index (χ3v) is 4.96. The molecule has 1 aromatic carbocycles. The van der Waals surface area contributed by atoms with Gasteiger partial charge in [-0.15, -0.1) is 21.5 Å². The van der Waals surface area contributed by atoms with Crippen molar-refractivity contribution >= 4 is 34.7 Å². The first kappa shape index (κ1) is 15.8. The number of hydrogen-bond acceptors (Lipinski definition) is 6. The number of thiophene rings is 1. The topological polar surface area (TPSA) is 70.7 Å². The average Bonchev–Trinajstić information content (AvgIpc) is 3.08. The van der Waals surface area contributed by atoms with E-state index in [9.17, 15) is 4.79 Å². The Kier molecular flexibility index (Phi) is 5.09. The summed E-state index contributed by atoms with van der Waals surface area (Å²) in [6.45, 7) is 2.15. The number of aromatic amines is 1. The Morgan fingerprint density at radius 2 is 2.04 bits per heavy atom. The van der Waals surface area contributed by atoms with E-state index in [0.717, 1.165) is 22.1 Å². The van der Waals surface area contributed by atoms with Crippen LogP contribution in [0.4, 0.5) is 11.6 Å². The summed E-state index contributed by atoms with van der Waals surface area (Å²) in [6.07, 6.45) is 0. The van der Waals surface area contributed by atoms with Gasteiger partial charge in [0.1, 0.15) is 0 Å². The molecule has 2 N–H and O–H groups in total. The first-order valence-corrected chi connectivity index (χ1v) is 9.24. The normalized spacial score (nSPS) is 10.7. The summed E-state index contributed by atoms with van der Waals surface area (Å²) >= 11 is 3.35. The fourth-order valence-electron chi connectivity index (χ4n) is 2.01. The predicted octanol–water partition coefficient (Wildman–Crippen LogP) is 3.89. The van der Waals surface area contributed by atoms with Gasteiger partial charge in [-0.2, -0.15) is 11.8 Å². The second kappa shape index (κ2) is 7.43. The molecule has 0 amide bonds. The summed E-state index contributed by atoms with van der Waals surface area (Å²) in [6, 6.07) is 11.8. The molecule has 0 radical (unpaired) electrons. The molecular formula is C16H16N4OS2. The van der Waals surface area contributed by atoms with E-state index in [1.54, 1.807) is 0 Å². The van der Waals surface area contributed by atoms with Crippen LogP contribution in [0, 0.1) is 0 Å². The van der Waals surface area contributed by atoms with E-state index >= 15 is 0 Å². The lowest BCUT2D eigenvalue weighted by atomic mass is 10.2. The summed E-state index contributed by atoms with van der Waals surface area (Å²) in [7, 11) is 0. The van der Waals surface area contributed by atoms with Crippen LogP contribution in [0.15, 0.2) is 46.6 Å². The SMILES string of the molecule is CCSCc1ccc(Nc2nnc(-c3cccs3)c(=O)[nH]2)cc1. The van der Waals surface area contributed by atoms with Crippen molar-refractivity contribution < 1.29 is 0 Å². The van der Waals surface area contributed by atoms with Crippen LogP contribution >= 0.6 is 23.1 Å². The molecular weight excluding hydrogens is 328 g/mol. The van der Waals surface area contributed by atoms with Gasteiger partial charge in [0.2, 0.25) is 5.95 Å². The van der Waals surface area contributed by atoms with Gasteiger partial charge in [-0.25, -0.2) is 0 Å². The van der Waals surface area contributed by atoms with Crippen molar-refractivity contribution in [3.05, 3.63) is 57.7 Å². The van der Waals surface area contributed by atoms with Crippen molar-refractivity contribution in [3.63, 3.8) is 0 Å². The first-order valence-electron chi connectivity index (χ1n) is 7.21. The molecule has 0 fully saturated rings. The molecule has 0 saturated heterocycles. The van der Waals surface area contributed by atoms with Gasteiger partial charge in [-0.05, 0) is 34.9 Å². The molecule has 23 heavy (non-hydrogen) atoms. The highest BCUT2D eigenvalue weighted by Gasteiger charge is 2.08. The summed E-state index contributed by atoms with van der Waals surface area (Å²) in [4.78, 5) is 15.6. The summed E-state index contributed by atoms with van der Waals surface area (Å²) in [5.74, 6) is 2.45. The number of aromatic nitrogens is 3. The second-order valence-electron chi connectivity index (χ2n) is 4.79. The van der Waals surface area contributed by atoms with Gasteiger partial charge in [0.25, 0.3) is 5.56 Å². The number of H-pyrrole nitrogens is 1. The molecule has 0 atom stereocenters. The Morgan fingerprint density at radius 3 is 2.70 bits per heavy atom. The van der Waals surface area contributed by atoms with Crippen LogP contribution in [0.3, 0.4) is 0 Å². The van der Waals surface area contributed by atoms with Gasteiger partial charge in [-0.3, -0.25) is 9.78 Å². The predicted molar refractivity (Wildman–Crippen MR) is 97.5 cm³/mol. The van der Waals surface area contributed by atoms with E-state index in [2.05, 4.69) is 39.6 Å². The maximum absolute atomic E-state index is 12.1. The monoisotopic (exact) mass is 344 g/mol. The number of nitrogens with one attached hydrogen (secondary N) is 2. The molecule has 2 heterocycles. The van der Waals surface area contributed by atoms with Gasteiger partial charge < -0.3 is 5.32 Å². The zero-order valence-corrected chi connectivity index (χ0v) is 14.2. The standard InChI is InChI=1S/C16H16N4OS2/c1-2-22-10-11-5-7-12(8-6-11)17-16-18-15(21)14(19-20-16)13-4-3-9-23-13/h3-9H,2,10H2,1H3,(H2,17,18,20,21). The maximum atomic E-state index is 12.1. The Hall–Kier alpha value is -2.12. The van der Waals surface area contributed by atoms with E-state index < -0.39 is 0 Å². The average molecular weight is 344 g/mol. The first-order chi connectivity index (χ1) is 11.3. The van der Waals surface area contributed by atoms with Crippen molar-refractivity contribution in [2.45, 2.75) is 12.7 Å². The van der Waals surface area contributed by atoms with Crippen LogP contribution in [-0.4, -0.2) is 20.9 Å². The Balaban J connectivity index is 1.73. The molecule has 3 aromatic rings. The number of hydrogen-bond donors (Lipinski definition) is 2. The molecule has 0 spiro atoms. The quantitative estimate of drug-likeness (QED) is 0.710. The van der Waals surface area contributed by atoms with E-state index in [1.807, 2.05) is 41.4 Å². The molecule has 0 aliphatic carbocycles. The van der Waals surface area contributed by atoms with Crippen molar-refractivity contribution in [3.8, 4) is 10.6 Å². The molecule has 0 aliphatic rings. The minimum Gasteiger partial charge on any atom is -0.324 e. The molecule has 2 aromatic heterocycles. The maximum Gasteiger partial charge on any atom is 0.280 e. The summed E-state index contributed by atoms with van der Waals surface area (Å²) in [5.41, 5.74) is 2.23. The smallest absolute Gasteiger partial charge is 0.280 e. The Labute approximate surface area is 142 Å². The highest BCUT2D eigenvalue weighted by molar-refractivity contribution is 7.98. The van der Waals surface area contributed by atoms with Gasteiger partial charge >= 0.3 is 0 Å². The van der Waals surface area contributed by atoms with E-state index in [-0.39, 0.29) is 5.56 Å². The Bertz CT molecular complexity index is 813. The van der Waals surface area contributed by atoms with Crippen molar-refractivity contribution in [1.82, 2.24) is 15.2 Å². The van der Waals surface area contributed by atoms with E-state index in [0.29, 0.717) is 11.6 Å². The number of rotatable bonds is 6. The minimum atomic E-state index is -0.249. The lowest BCUT2D eigenvalue weighted by Crippen LogP contribution is -2.15. The zero-order valence-electron chi connectivity index (χ0n) is 12.6. The number of benzene rings is 1. The lowest BCUT2D eigenvalue weighted by Gasteiger charge is -2.06. The van der Waals surface area contributed by atoms with E-state index in [4.69, 9.17) is 0 Å². The van der Waals surface area contributed by atoms with Crippen molar-refractivity contribution in [2.24, 2.45) is 0 Å². The molecule has 0 unspecified atom stereocenters. The van der Waals surface area contributed by atoms with Crippen molar-refractivity contribution in [2.75, 3.05) is 11.1 Å². The lowest BCUT2D eigenvalue weighted by molar-refractivity contribution is 0.964. The molecule has 118 valence electrons. The molecule has 0 aliphatic heterocycles. The summed E-state index contributed by atoms with van der Waals surface area (Å²) < 4.78 is 0. The highest BCUT2D eigenvalue weighted by atomic mass is 32.2. The van der Waals surface area contributed by atoms with Crippen LogP contribution in [0.2, 0.25) is 0 Å². The fraction of sp³-hybridized carbons (Fsp3) is 0.188. The zero-order chi connectivity index (χ0) is 16.1. The molecule has 0 saturated carbocycles. The van der Waals surface area contributed by atoms with Gasteiger partial charge in [0, 0.05) is 11.4 Å². The van der Waals surface area contributed by atoms with E-state index in [1.165, 1.54) is 16.9 Å². The molecule has 5 nitrogen and oxygen atoms in total. The van der Waals surface area contributed by atoms with Gasteiger partial charge in [0.05, 0.1) is 4.88 Å². The fourth-order valence-corrected chi connectivity index (χ4v) is 3.35. The molecule has 7 heteroatoms. The molecule has 3 rings (SSSR count). The summed E-state index contributed by atoms with van der Waals surface area (Å²) in [5, 5.41) is 13.0. The van der Waals surface area contributed by atoms with Gasteiger partial charge in [-0.1, -0.05) is 25.1 Å². The van der Waals surface area contributed by atoms with Crippen LogP contribution in [0.25, 0.3) is 10.6 Å². The van der Waals surface area contributed by atoms with Crippen LogP contribution < -0.4 is 10.9 Å². The van der Waals surface area contributed by atoms with Gasteiger partial charge in [0.15, 0.2) is 5.69 Å². The molecule has 0 bridgehead atoms. The highest BCUT2D eigenvalue weighted by Crippen LogP contribution is 2.20. The third kappa shape index (κ3) is 4.00. The second-order valence-corrected chi connectivity index (χ2v) is 7.01. The number of nitrogens with zero attached hydrogens (tertiary/aromatic N) is 2. The van der Waals surface area contributed by atoms with Crippen LogP contribution in [0.5, 0.6) is 0 Å². The number of anilines is 2. The van der Waals surface area contributed by atoms with Crippen LogP contribution in [0.1, 0.15) is 12.5 Å². The largest absolute Gasteiger partial charge is 0.324 e. The Morgan fingerprint density at radius 1 is 1.22 bits per heavy atom. The van der Waals surface area contributed by atoms with Crippen molar-refractivity contribution in [1.29, 1.82) is 0 Å². The number of thioether (sulfide) groups is 1. The van der Waals surface area contributed by atoms with Crippen LogP contribution in [-0.2, 0) is 5.75 Å².